The van der Waals surface area contributed by atoms with Crippen LogP contribution in [0.15, 0.2) is 36.5 Å². The minimum atomic E-state index is -0.885. The molecule has 0 aliphatic heterocycles. The second-order valence-corrected chi connectivity index (χ2v) is 3.72. The molecule has 0 atom stereocenters. The van der Waals surface area contributed by atoms with Gasteiger partial charge in [0, 0.05) is 11.2 Å². The molecule has 1 N–H and O–H groups in total. The summed E-state index contributed by atoms with van der Waals surface area (Å²) in [5, 5.41) is 13.4. The topological polar surface area (TPSA) is 55.1 Å². The van der Waals surface area contributed by atoms with Gasteiger partial charge in [0.15, 0.2) is 0 Å². The molecule has 5 heteroatoms. The fourth-order valence-electron chi connectivity index (χ4n) is 1.46. The average Bonchev–Trinajstić information content (AvgIpc) is 2.65. The molecule has 2 aromatic rings. The van der Waals surface area contributed by atoms with Crippen molar-refractivity contribution in [1.29, 1.82) is 0 Å². The molecule has 0 unspecified atom stereocenters. The third kappa shape index (κ3) is 2.23. The number of benzene rings is 1. The summed E-state index contributed by atoms with van der Waals surface area (Å²) in [6, 6.07) is 8.79. The Morgan fingerprint density at radius 1 is 1.44 bits per heavy atom. The molecule has 82 valence electrons. The molecule has 4 nitrogen and oxygen atoms in total. The van der Waals surface area contributed by atoms with Crippen molar-refractivity contribution in [2.24, 2.45) is 0 Å². The SMILES string of the molecule is O=C(O)Cc1ccnn1-c1cccc(Cl)c1. The second-order valence-electron chi connectivity index (χ2n) is 3.28. The van der Waals surface area contributed by atoms with E-state index in [0.717, 1.165) is 5.69 Å². The molecule has 2 rings (SSSR count). The maximum absolute atomic E-state index is 10.6. The van der Waals surface area contributed by atoms with Gasteiger partial charge in [-0.25, -0.2) is 4.68 Å². The smallest absolute Gasteiger partial charge is 0.309 e. The van der Waals surface area contributed by atoms with Gasteiger partial charge in [0.2, 0.25) is 0 Å². The second kappa shape index (κ2) is 4.37. The van der Waals surface area contributed by atoms with Gasteiger partial charge in [-0.3, -0.25) is 4.79 Å². The van der Waals surface area contributed by atoms with E-state index in [4.69, 9.17) is 16.7 Å². The Hall–Kier alpha value is -1.81. The van der Waals surface area contributed by atoms with Gasteiger partial charge in [0.1, 0.15) is 0 Å². The van der Waals surface area contributed by atoms with Crippen molar-refractivity contribution in [2.75, 3.05) is 0 Å². The number of aliphatic carboxylic acids is 1. The van der Waals surface area contributed by atoms with Gasteiger partial charge in [-0.05, 0) is 24.3 Å². The zero-order valence-corrected chi connectivity index (χ0v) is 9.05. The van der Waals surface area contributed by atoms with Crippen molar-refractivity contribution in [3.8, 4) is 5.69 Å². The molecule has 0 radical (unpaired) electrons. The van der Waals surface area contributed by atoms with Gasteiger partial charge >= 0.3 is 5.97 Å². The zero-order chi connectivity index (χ0) is 11.5. The van der Waals surface area contributed by atoms with Crippen molar-refractivity contribution in [3.05, 3.63) is 47.2 Å². The highest BCUT2D eigenvalue weighted by Crippen LogP contribution is 2.16. The molecule has 1 aromatic carbocycles. The van der Waals surface area contributed by atoms with Gasteiger partial charge in [-0.15, -0.1) is 0 Å². The Morgan fingerprint density at radius 2 is 2.25 bits per heavy atom. The van der Waals surface area contributed by atoms with Crippen LogP contribution in [0.25, 0.3) is 5.69 Å². The Balaban J connectivity index is 2.40. The molecule has 0 aliphatic carbocycles. The van der Waals surface area contributed by atoms with Crippen molar-refractivity contribution in [2.45, 2.75) is 6.42 Å². The summed E-state index contributed by atoms with van der Waals surface area (Å²) in [4.78, 5) is 10.6. The molecule has 1 aromatic heterocycles. The van der Waals surface area contributed by atoms with Crippen LogP contribution in [-0.4, -0.2) is 20.9 Å². The average molecular weight is 237 g/mol. The number of hydrogen-bond donors (Lipinski definition) is 1. The molecule has 0 amide bonds. The number of aromatic nitrogens is 2. The lowest BCUT2D eigenvalue weighted by atomic mass is 10.3. The summed E-state index contributed by atoms with van der Waals surface area (Å²) in [5.41, 5.74) is 1.38. The zero-order valence-electron chi connectivity index (χ0n) is 8.30. The van der Waals surface area contributed by atoms with E-state index in [1.165, 1.54) is 0 Å². The number of nitrogens with zero attached hydrogens (tertiary/aromatic N) is 2. The number of rotatable bonds is 3. The molecule has 0 saturated carbocycles. The minimum Gasteiger partial charge on any atom is -0.481 e. The lowest BCUT2D eigenvalue weighted by molar-refractivity contribution is -0.136. The lowest BCUT2D eigenvalue weighted by Gasteiger charge is -2.05. The summed E-state index contributed by atoms with van der Waals surface area (Å²) in [6.07, 6.45) is 1.51. The normalized spacial score (nSPS) is 10.3. The van der Waals surface area contributed by atoms with Crippen LogP contribution in [0, 0.1) is 0 Å². The van der Waals surface area contributed by atoms with Crippen LogP contribution in [0.2, 0.25) is 5.02 Å². The van der Waals surface area contributed by atoms with Crippen molar-refractivity contribution in [3.63, 3.8) is 0 Å². The van der Waals surface area contributed by atoms with E-state index < -0.39 is 5.97 Å². The summed E-state index contributed by atoms with van der Waals surface area (Å²) in [5.74, 6) is -0.885. The first kappa shape index (κ1) is 10.7. The highest BCUT2D eigenvalue weighted by Gasteiger charge is 2.08. The van der Waals surface area contributed by atoms with Crippen LogP contribution < -0.4 is 0 Å². The van der Waals surface area contributed by atoms with Gasteiger partial charge in [-0.2, -0.15) is 5.10 Å². The van der Waals surface area contributed by atoms with E-state index in [0.29, 0.717) is 10.7 Å². The van der Waals surface area contributed by atoms with E-state index in [9.17, 15) is 4.79 Å². The Bertz CT molecular complexity index is 522. The fourth-order valence-corrected chi connectivity index (χ4v) is 1.64. The fraction of sp³-hybridized carbons (Fsp3) is 0.0909. The number of carbonyl (C=O) groups is 1. The summed E-state index contributed by atoms with van der Waals surface area (Å²) >= 11 is 5.86. The number of carboxylic acid groups (broad SMARTS) is 1. The maximum atomic E-state index is 10.6. The minimum absolute atomic E-state index is 0.0630. The van der Waals surface area contributed by atoms with E-state index in [2.05, 4.69) is 5.10 Å². The van der Waals surface area contributed by atoms with Crippen LogP contribution in [0.1, 0.15) is 5.69 Å². The van der Waals surface area contributed by atoms with Crippen LogP contribution in [0.5, 0.6) is 0 Å². The van der Waals surface area contributed by atoms with E-state index in [-0.39, 0.29) is 6.42 Å². The summed E-state index contributed by atoms with van der Waals surface area (Å²) in [6.45, 7) is 0. The first-order chi connectivity index (χ1) is 7.66. The Labute approximate surface area is 97.1 Å². The van der Waals surface area contributed by atoms with Crippen molar-refractivity contribution >= 4 is 17.6 Å². The van der Waals surface area contributed by atoms with Gasteiger partial charge in [0.05, 0.1) is 17.8 Å². The third-order valence-corrected chi connectivity index (χ3v) is 2.34. The third-order valence-electron chi connectivity index (χ3n) is 2.11. The highest BCUT2D eigenvalue weighted by molar-refractivity contribution is 6.30. The van der Waals surface area contributed by atoms with Crippen molar-refractivity contribution < 1.29 is 9.90 Å². The quantitative estimate of drug-likeness (QED) is 0.889. The summed E-state index contributed by atoms with van der Waals surface area (Å²) in [7, 11) is 0. The van der Waals surface area contributed by atoms with E-state index in [1.54, 1.807) is 35.1 Å². The molecule has 0 saturated heterocycles. The van der Waals surface area contributed by atoms with Crippen LogP contribution in [0.3, 0.4) is 0 Å². The molecule has 0 spiro atoms. The van der Waals surface area contributed by atoms with Crippen LogP contribution >= 0.6 is 11.6 Å². The first-order valence-corrected chi connectivity index (χ1v) is 5.05. The predicted octanol–water partition coefficient (Wildman–Crippen LogP) is 2.15. The van der Waals surface area contributed by atoms with Crippen LogP contribution in [0.4, 0.5) is 0 Å². The largest absolute Gasteiger partial charge is 0.481 e. The Morgan fingerprint density at radius 3 is 2.94 bits per heavy atom. The van der Waals surface area contributed by atoms with E-state index >= 15 is 0 Å². The van der Waals surface area contributed by atoms with Crippen molar-refractivity contribution in [1.82, 2.24) is 9.78 Å². The first-order valence-electron chi connectivity index (χ1n) is 4.67. The lowest BCUT2D eigenvalue weighted by Crippen LogP contribution is -2.07. The number of hydrogen-bond acceptors (Lipinski definition) is 2. The molecule has 0 fully saturated rings. The number of carboxylic acids is 1. The molecule has 0 bridgehead atoms. The monoisotopic (exact) mass is 236 g/mol. The molecule has 0 aliphatic rings. The standard InChI is InChI=1S/C11H9ClN2O2/c12-8-2-1-3-9(6-8)14-10(4-5-13-14)7-11(15)16/h1-6H,7H2,(H,15,16). The Kier molecular flexibility index (Phi) is 2.92. The summed E-state index contributed by atoms with van der Waals surface area (Å²) < 4.78 is 1.57. The molecular formula is C11H9ClN2O2. The van der Waals surface area contributed by atoms with Gasteiger partial charge < -0.3 is 5.11 Å². The molecule has 16 heavy (non-hydrogen) atoms. The van der Waals surface area contributed by atoms with Gasteiger partial charge in [-0.1, -0.05) is 17.7 Å². The molecular weight excluding hydrogens is 228 g/mol. The number of halogens is 1. The predicted molar refractivity (Wildman–Crippen MR) is 59.9 cm³/mol. The molecule has 1 heterocycles. The van der Waals surface area contributed by atoms with Crippen LogP contribution in [-0.2, 0) is 11.2 Å². The maximum Gasteiger partial charge on any atom is 0.309 e. The van der Waals surface area contributed by atoms with E-state index in [1.807, 2.05) is 6.07 Å². The highest BCUT2D eigenvalue weighted by atomic mass is 35.5. The van der Waals surface area contributed by atoms with Gasteiger partial charge in [0.25, 0.3) is 0 Å².